The second kappa shape index (κ2) is 12.3. The average molecular weight is 470 g/mol. The normalized spacial score (nSPS) is 10.1. The molecule has 0 aliphatic carbocycles. The van der Waals surface area contributed by atoms with Gasteiger partial charge in [-0.2, -0.15) is 0 Å². The summed E-state index contributed by atoms with van der Waals surface area (Å²) in [5, 5.41) is 12.7. The minimum absolute atomic E-state index is 0.0476. The van der Waals surface area contributed by atoms with Crippen molar-refractivity contribution in [2.45, 2.75) is 20.1 Å². The summed E-state index contributed by atoms with van der Waals surface area (Å²) in [6.07, 6.45) is 0.250. The molecule has 6 N–H and O–H groups in total. The Morgan fingerprint density at radius 3 is 2.09 bits per heavy atom. The van der Waals surface area contributed by atoms with E-state index < -0.39 is 0 Å². The highest BCUT2D eigenvalue weighted by molar-refractivity contribution is 5.82. The van der Waals surface area contributed by atoms with Crippen LogP contribution in [-0.4, -0.2) is 18.6 Å². The third kappa shape index (κ3) is 6.62. The predicted octanol–water partition coefficient (Wildman–Crippen LogP) is 5.13. The molecule has 0 aliphatic heterocycles. The summed E-state index contributed by atoms with van der Waals surface area (Å²) in [5.74, 6) is 0.881. The number of aliphatic hydroxyl groups excluding tert-OH is 1. The van der Waals surface area contributed by atoms with E-state index in [1.807, 2.05) is 49.4 Å². The van der Waals surface area contributed by atoms with Crippen LogP contribution in [0.3, 0.4) is 0 Å². The quantitative estimate of drug-likeness (QED) is 0.222. The number of hydrogen-bond acceptors (Lipinski definition) is 5. The van der Waals surface area contributed by atoms with E-state index in [1.165, 1.54) is 5.56 Å². The maximum atomic E-state index is 9.26. The van der Waals surface area contributed by atoms with E-state index in [4.69, 9.17) is 15.3 Å². The molecule has 35 heavy (non-hydrogen) atoms. The minimum atomic E-state index is 0.0476. The van der Waals surface area contributed by atoms with E-state index in [0.717, 1.165) is 57.0 Å². The largest absolute Gasteiger partial charge is 0.496 e. The van der Waals surface area contributed by atoms with Crippen LogP contribution < -0.4 is 21.5 Å². The van der Waals surface area contributed by atoms with Crippen molar-refractivity contribution in [3.8, 4) is 28.0 Å². The molecule has 6 heteroatoms. The fourth-order valence-electron chi connectivity index (χ4n) is 3.72. The zero-order chi connectivity index (χ0) is 25.2. The van der Waals surface area contributed by atoms with Crippen LogP contribution in [0.5, 0.6) is 5.75 Å². The summed E-state index contributed by atoms with van der Waals surface area (Å²) in [5.41, 5.74) is 19.7. The third-order valence-corrected chi connectivity index (χ3v) is 5.69. The van der Waals surface area contributed by atoms with Crippen molar-refractivity contribution in [3.63, 3.8) is 0 Å². The minimum Gasteiger partial charge on any atom is -0.496 e. The Morgan fingerprint density at radius 2 is 1.46 bits per heavy atom. The van der Waals surface area contributed by atoms with E-state index >= 15 is 0 Å². The van der Waals surface area contributed by atoms with Crippen LogP contribution in [-0.2, 0) is 17.9 Å². The Kier molecular flexibility index (Phi) is 8.87. The van der Waals surface area contributed by atoms with Crippen LogP contribution >= 0.6 is 0 Å². The molecule has 0 unspecified atom stereocenters. The summed E-state index contributed by atoms with van der Waals surface area (Å²) < 4.78 is 5.40. The van der Waals surface area contributed by atoms with Gasteiger partial charge in [0.25, 0.3) is 0 Å². The molecule has 1 amide bonds. The number of rotatable bonds is 7. The number of aliphatic hydroxyl groups is 1. The summed E-state index contributed by atoms with van der Waals surface area (Å²) >= 11 is 0. The topological polar surface area (TPSA) is 111 Å². The number of carbonyl (C=O) groups excluding carboxylic acids is 1. The van der Waals surface area contributed by atoms with Gasteiger partial charge < -0.3 is 26.6 Å². The number of ether oxygens (including phenoxy) is 1. The number of primary amides is 1. The molecule has 6 nitrogen and oxygen atoms in total. The van der Waals surface area contributed by atoms with Crippen LogP contribution in [0.25, 0.3) is 22.3 Å². The van der Waals surface area contributed by atoms with Crippen molar-refractivity contribution in [2.24, 2.45) is 5.73 Å². The molecule has 4 rings (SSSR count). The molecule has 0 heterocycles. The average Bonchev–Trinajstić information content (AvgIpc) is 2.89. The van der Waals surface area contributed by atoms with Gasteiger partial charge in [-0.3, -0.25) is 4.79 Å². The van der Waals surface area contributed by atoms with Crippen molar-refractivity contribution in [2.75, 3.05) is 18.2 Å². The molecule has 0 aromatic heterocycles. The second-order valence-corrected chi connectivity index (χ2v) is 8.03. The summed E-state index contributed by atoms with van der Waals surface area (Å²) in [6, 6.07) is 28.6. The van der Waals surface area contributed by atoms with Gasteiger partial charge in [-0.1, -0.05) is 60.7 Å². The maximum Gasteiger partial charge on any atom is 0.204 e. The van der Waals surface area contributed by atoms with E-state index in [1.54, 1.807) is 7.11 Å². The monoisotopic (exact) mass is 469 g/mol. The molecular formula is C29H31N3O3. The Balaban J connectivity index is 0.00000108. The first kappa shape index (κ1) is 25.3. The number of hydrogen-bond donors (Lipinski definition) is 4. The zero-order valence-corrected chi connectivity index (χ0v) is 20.0. The van der Waals surface area contributed by atoms with E-state index in [-0.39, 0.29) is 13.0 Å². The van der Waals surface area contributed by atoms with Crippen LogP contribution in [0.2, 0.25) is 0 Å². The van der Waals surface area contributed by atoms with Crippen LogP contribution in [0.1, 0.15) is 16.7 Å². The number of nitrogen functional groups attached to an aromatic ring is 1. The highest BCUT2D eigenvalue weighted by Gasteiger charge is 2.07. The molecular weight excluding hydrogens is 438 g/mol. The van der Waals surface area contributed by atoms with Crippen molar-refractivity contribution in [3.05, 3.63) is 102 Å². The highest BCUT2D eigenvalue weighted by atomic mass is 16.5. The lowest BCUT2D eigenvalue weighted by Crippen LogP contribution is -2.00. The molecule has 0 fully saturated rings. The molecule has 0 spiro atoms. The summed E-state index contributed by atoms with van der Waals surface area (Å²) in [4.78, 5) is 8.58. The van der Waals surface area contributed by atoms with Gasteiger partial charge in [0.15, 0.2) is 0 Å². The fourth-order valence-corrected chi connectivity index (χ4v) is 3.72. The molecule has 0 saturated carbocycles. The highest BCUT2D eigenvalue weighted by Crippen LogP contribution is 2.32. The Hall–Kier alpha value is -4.29. The third-order valence-electron chi connectivity index (χ3n) is 5.69. The summed E-state index contributed by atoms with van der Waals surface area (Å²) in [7, 11) is 1.69. The molecule has 4 aromatic rings. The van der Waals surface area contributed by atoms with Crippen molar-refractivity contribution >= 4 is 17.8 Å². The lowest BCUT2D eigenvalue weighted by molar-refractivity contribution is -0.106. The Bertz CT molecular complexity index is 1250. The number of benzene rings is 4. The van der Waals surface area contributed by atoms with Gasteiger partial charge in [-0.05, 0) is 58.5 Å². The van der Waals surface area contributed by atoms with E-state index in [9.17, 15) is 5.11 Å². The first-order valence-corrected chi connectivity index (χ1v) is 11.2. The van der Waals surface area contributed by atoms with Gasteiger partial charge in [0.2, 0.25) is 6.41 Å². The number of anilines is 2. The second-order valence-electron chi connectivity index (χ2n) is 8.03. The van der Waals surface area contributed by atoms with Crippen LogP contribution in [0.15, 0.2) is 84.9 Å². The van der Waals surface area contributed by atoms with Crippen molar-refractivity contribution in [1.82, 2.24) is 0 Å². The van der Waals surface area contributed by atoms with Crippen molar-refractivity contribution < 1.29 is 14.6 Å². The van der Waals surface area contributed by atoms with Gasteiger partial charge in [0.05, 0.1) is 13.7 Å². The molecule has 0 atom stereocenters. The first-order valence-electron chi connectivity index (χ1n) is 11.2. The molecule has 4 aromatic carbocycles. The number of methoxy groups -OCH3 is 1. The molecule has 0 aliphatic rings. The smallest absolute Gasteiger partial charge is 0.204 e. The Labute approximate surface area is 206 Å². The van der Waals surface area contributed by atoms with Gasteiger partial charge in [0.1, 0.15) is 5.75 Å². The van der Waals surface area contributed by atoms with Crippen LogP contribution in [0, 0.1) is 6.92 Å². The predicted molar refractivity (Wildman–Crippen MR) is 143 cm³/mol. The SMILES string of the molecule is COc1cc(NCc2ccc(-c3cc(-c4ccc(CO)cc4)ccc3N)cc2)ccc1C.NC=O. The fraction of sp³-hybridized carbons (Fsp3) is 0.138. The molecule has 0 saturated heterocycles. The van der Waals surface area contributed by atoms with Crippen LogP contribution in [0.4, 0.5) is 11.4 Å². The number of aryl methyl sites for hydroxylation is 1. The van der Waals surface area contributed by atoms with Gasteiger partial charge in [0, 0.05) is 29.5 Å². The van der Waals surface area contributed by atoms with Crippen molar-refractivity contribution in [1.29, 1.82) is 0 Å². The molecule has 0 radical (unpaired) electrons. The molecule has 0 bridgehead atoms. The Morgan fingerprint density at radius 1 is 0.857 bits per heavy atom. The van der Waals surface area contributed by atoms with Gasteiger partial charge in [-0.15, -0.1) is 0 Å². The summed E-state index contributed by atoms with van der Waals surface area (Å²) in [6.45, 7) is 2.80. The first-order chi connectivity index (χ1) is 17.0. The zero-order valence-electron chi connectivity index (χ0n) is 20.0. The maximum absolute atomic E-state index is 9.26. The van der Waals surface area contributed by atoms with E-state index in [2.05, 4.69) is 53.5 Å². The number of amides is 1. The molecule has 180 valence electrons. The number of nitrogens with two attached hydrogens (primary N) is 2. The number of nitrogens with one attached hydrogen (secondary N) is 1. The number of carbonyl (C=O) groups is 1. The standard InChI is InChI=1S/C28H28N2O2.CH3NO/c1-19-3-13-25(16-28(19)32-2)30-17-20-4-10-23(11-5-20)26-15-24(12-14-27(26)29)22-8-6-21(18-31)7-9-22;2-1-3/h3-16,30-31H,17-18,29H2,1-2H3;1H,(H2,2,3). The van der Waals surface area contributed by atoms with E-state index in [0.29, 0.717) is 0 Å². The lowest BCUT2D eigenvalue weighted by atomic mass is 9.96. The lowest BCUT2D eigenvalue weighted by Gasteiger charge is -2.12. The van der Waals surface area contributed by atoms with Gasteiger partial charge in [-0.25, -0.2) is 0 Å². The van der Waals surface area contributed by atoms with Gasteiger partial charge >= 0.3 is 0 Å².